The van der Waals surface area contributed by atoms with E-state index in [0.29, 0.717) is 10.2 Å². The van der Waals surface area contributed by atoms with Crippen LogP contribution in [0.3, 0.4) is 0 Å². The lowest BCUT2D eigenvalue weighted by atomic mass is 10.3. The molecule has 1 rings (SSSR count). The minimum absolute atomic E-state index is 0.323. The van der Waals surface area contributed by atoms with Gasteiger partial charge in [-0.25, -0.2) is 4.39 Å². The van der Waals surface area contributed by atoms with Crippen LogP contribution in [0.2, 0.25) is 0 Å². The van der Waals surface area contributed by atoms with Crippen molar-refractivity contribution in [2.45, 2.75) is 0 Å². The van der Waals surface area contributed by atoms with Crippen LogP contribution in [0.5, 0.6) is 5.75 Å². The Morgan fingerprint density at radius 1 is 1.55 bits per heavy atom. The molecule has 0 heterocycles. The predicted octanol–water partition coefficient (Wildman–Crippen LogP) is 1.23. The zero-order valence-corrected chi connectivity index (χ0v) is 7.14. The number of hydrogen-bond donors (Lipinski definition) is 1. The van der Waals surface area contributed by atoms with Crippen molar-refractivity contribution in [1.82, 2.24) is 0 Å². The van der Waals surface area contributed by atoms with E-state index in [0.717, 1.165) is 0 Å². The second-order valence-electron chi connectivity index (χ2n) is 1.85. The maximum absolute atomic E-state index is 12.6. The minimum Gasteiger partial charge on any atom is -0.539 e. The molecular formula is C6H5BBrFO2. The quantitative estimate of drug-likeness (QED) is 0.757. The van der Waals surface area contributed by atoms with E-state index in [2.05, 4.69) is 15.9 Å². The Morgan fingerprint density at radius 2 is 2.27 bits per heavy atom. The zero-order valence-electron chi connectivity index (χ0n) is 5.55. The molecule has 11 heavy (non-hydrogen) atoms. The predicted molar refractivity (Wildman–Crippen MR) is 44.1 cm³/mol. The highest BCUT2D eigenvalue weighted by atomic mass is 79.9. The van der Waals surface area contributed by atoms with Crippen molar-refractivity contribution in [1.29, 1.82) is 0 Å². The molecule has 0 amide bonds. The molecule has 1 aromatic rings. The second kappa shape index (κ2) is 3.73. The molecule has 1 aromatic carbocycles. The lowest BCUT2D eigenvalue weighted by Gasteiger charge is -2.01. The van der Waals surface area contributed by atoms with Crippen molar-refractivity contribution in [3.8, 4) is 5.75 Å². The van der Waals surface area contributed by atoms with Crippen molar-refractivity contribution >= 4 is 23.6 Å². The lowest BCUT2D eigenvalue weighted by molar-refractivity contribution is 0.452. The van der Waals surface area contributed by atoms with Gasteiger partial charge in [-0.15, -0.1) is 0 Å². The maximum Gasteiger partial charge on any atom is 0.504 e. The van der Waals surface area contributed by atoms with Crippen molar-refractivity contribution in [3.63, 3.8) is 0 Å². The summed E-state index contributed by atoms with van der Waals surface area (Å²) in [7, 11) is -0.405. The van der Waals surface area contributed by atoms with E-state index in [1.807, 2.05) is 0 Å². The molecule has 0 aliphatic carbocycles. The molecule has 0 aromatic heterocycles. The van der Waals surface area contributed by atoms with E-state index in [4.69, 9.17) is 9.68 Å². The first-order valence-electron chi connectivity index (χ1n) is 2.93. The summed E-state index contributed by atoms with van der Waals surface area (Å²) in [6.07, 6.45) is 0. The van der Waals surface area contributed by atoms with Gasteiger partial charge in [0.2, 0.25) is 0 Å². The van der Waals surface area contributed by atoms with Gasteiger partial charge in [-0.3, -0.25) is 0 Å². The van der Waals surface area contributed by atoms with Crippen LogP contribution < -0.4 is 4.65 Å². The molecule has 1 N–H and O–H groups in total. The Kier molecular flexibility index (Phi) is 2.90. The first kappa shape index (κ1) is 8.55. The van der Waals surface area contributed by atoms with Gasteiger partial charge in [0.25, 0.3) is 0 Å². The highest BCUT2D eigenvalue weighted by molar-refractivity contribution is 9.10. The minimum atomic E-state index is -0.405. The van der Waals surface area contributed by atoms with E-state index in [1.54, 1.807) is 0 Å². The van der Waals surface area contributed by atoms with Gasteiger partial charge < -0.3 is 9.68 Å². The summed E-state index contributed by atoms with van der Waals surface area (Å²) in [6.45, 7) is 0. The Morgan fingerprint density at radius 3 is 2.82 bits per heavy atom. The molecule has 0 bridgehead atoms. The summed E-state index contributed by atoms with van der Waals surface area (Å²) in [5.74, 6) is 0.0797. The second-order valence-corrected chi connectivity index (χ2v) is 2.70. The van der Waals surface area contributed by atoms with E-state index in [-0.39, 0.29) is 5.82 Å². The molecule has 0 fully saturated rings. The summed E-state index contributed by atoms with van der Waals surface area (Å²) in [5.41, 5.74) is 0. The van der Waals surface area contributed by atoms with Crippen LogP contribution in [-0.2, 0) is 0 Å². The van der Waals surface area contributed by atoms with Crippen LogP contribution in [0, 0.1) is 5.82 Å². The zero-order chi connectivity index (χ0) is 8.27. The van der Waals surface area contributed by atoms with E-state index < -0.39 is 7.69 Å². The van der Waals surface area contributed by atoms with Crippen LogP contribution in [0.15, 0.2) is 22.7 Å². The number of hydrogen-bond acceptors (Lipinski definition) is 2. The number of halogens is 2. The van der Waals surface area contributed by atoms with Crippen LogP contribution in [0.4, 0.5) is 4.39 Å². The SMILES string of the molecule is OBOc1ccc(F)c(Br)c1. The number of rotatable bonds is 2. The van der Waals surface area contributed by atoms with Crippen molar-refractivity contribution in [2.24, 2.45) is 0 Å². The highest BCUT2D eigenvalue weighted by Crippen LogP contribution is 2.20. The Balaban J connectivity index is 2.86. The number of benzene rings is 1. The third-order valence-electron chi connectivity index (χ3n) is 1.12. The average Bonchev–Trinajstić information content (AvgIpc) is 1.98. The molecule has 0 radical (unpaired) electrons. The van der Waals surface area contributed by atoms with Gasteiger partial charge in [0, 0.05) is 0 Å². The van der Waals surface area contributed by atoms with Crippen LogP contribution in [0.25, 0.3) is 0 Å². The van der Waals surface area contributed by atoms with E-state index in [9.17, 15) is 4.39 Å². The van der Waals surface area contributed by atoms with Gasteiger partial charge in [-0.2, -0.15) is 0 Å². The first-order valence-corrected chi connectivity index (χ1v) is 3.72. The lowest BCUT2D eigenvalue weighted by Crippen LogP contribution is -1.99. The summed E-state index contributed by atoms with van der Waals surface area (Å²) >= 11 is 2.98. The molecule has 0 atom stereocenters. The Labute approximate surface area is 72.4 Å². The third kappa shape index (κ3) is 2.20. The van der Waals surface area contributed by atoms with Gasteiger partial charge in [0.15, 0.2) is 0 Å². The van der Waals surface area contributed by atoms with Crippen molar-refractivity contribution < 1.29 is 14.1 Å². The summed E-state index contributed by atoms with van der Waals surface area (Å²) in [6, 6.07) is 4.15. The summed E-state index contributed by atoms with van der Waals surface area (Å²) < 4.78 is 17.6. The van der Waals surface area contributed by atoms with Crippen LogP contribution in [-0.4, -0.2) is 12.7 Å². The molecule has 5 heteroatoms. The average molecular weight is 219 g/mol. The van der Waals surface area contributed by atoms with Gasteiger partial charge >= 0.3 is 7.69 Å². The van der Waals surface area contributed by atoms with Gasteiger partial charge in [-0.05, 0) is 34.1 Å². The Bertz CT molecular complexity index is 256. The van der Waals surface area contributed by atoms with Crippen LogP contribution >= 0.6 is 15.9 Å². The smallest absolute Gasteiger partial charge is 0.504 e. The molecule has 0 saturated heterocycles. The van der Waals surface area contributed by atoms with E-state index in [1.165, 1.54) is 18.2 Å². The van der Waals surface area contributed by atoms with Gasteiger partial charge in [0.05, 0.1) is 4.47 Å². The molecular weight excluding hydrogens is 214 g/mol. The molecule has 0 saturated carbocycles. The molecule has 0 aliphatic heterocycles. The molecule has 2 nitrogen and oxygen atoms in total. The summed E-state index contributed by atoms with van der Waals surface area (Å²) in [5, 5.41) is 8.35. The fraction of sp³-hybridized carbons (Fsp3) is 0. The fourth-order valence-electron chi connectivity index (χ4n) is 0.641. The van der Waals surface area contributed by atoms with E-state index >= 15 is 0 Å². The monoisotopic (exact) mass is 218 g/mol. The van der Waals surface area contributed by atoms with Crippen molar-refractivity contribution in [2.75, 3.05) is 0 Å². The standard InChI is InChI=1S/C6H5BBrFO2/c8-5-3-4(11-7-10)1-2-6(5)9/h1-3,7,10H. The van der Waals surface area contributed by atoms with Gasteiger partial charge in [0.1, 0.15) is 11.6 Å². The normalized spacial score (nSPS) is 9.36. The topological polar surface area (TPSA) is 29.5 Å². The Hall–Kier alpha value is -0.545. The fourth-order valence-corrected chi connectivity index (χ4v) is 0.999. The largest absolute Gasteiger partial charge is 0.539 e. The highest BCUT2D eigenvalue weighted by Gasteiger charge is 1.99. The molecule has 58 valence electrons. The molecule has 0 spiro atoms. The maximum atomic E-state index is 12.6. The molecule has 0 aliphatic rings. The third-order valence-corrected chi connectivity index (χ3v) is 1.73. The summed E-state index contributed by atoms with van der Waals surface area (Å²) in [4.78, 5) is 0. The van der Waals surface area contributed by atoms with Crippen LogP contribution in [0.1, 0.15) is 0 Å². The van der Waals surface area contributed by atoms with Crippen molar-refractivity contribution in [3.05, 3.63) is 28.5 Å². The first-order chi connectivity index (χ1) is 5.24. The molecule has 0 unspecified atom stereocenters. The van der Waals surface area contributed by atoms with Gasteiger partial charge in [-0.1, -0.05) is 0 Å².